The Balaban J connectivity index is 0.00000300. The number of carboxylic acids is 1. The number of carboxylic acid groups (broad SMARTS) is 1. The van der Waals surface area contributed by atoms with Gasteiger partial charge in [0.25, 0.3) is 0 Å². The maximum absolute atomic E-state index is 14.1. The van der Waals surface area contributed by atoms with Crippen molar-refractivity contribution in [1.29, 1.82) is 0 Å². The van der Waals surface area contributed by atoms with Crippen molar-refractivity contribution in [3.05, 3.63) is 76.5 Å². The number of aryl methyl sites for hydroxylation is 2. The molecule has 0 amide bonds. The van der Waals surface area contributed by atoms with Crippen LogP contribution < -0.4 is 0 Å². The summed E-state index contributed by atoms with van der Waals surface area (Å²) >= 11 is 0. The number of hydrogen-bond donors (Lipinski definition) is 1. The van der Waals surface area contributed by atoms with E-state index in [4.69, 9.17) is 0 Å². The summed E-state index contributed by atoms with van der Waals surface area (Å²) < 4.78 is 27.2. The molecule has 0 aliphatic heterocycles. The van der Waals surface area contributed by atoms with Gasteiger partial charge in [0.1, 0.15) is 17.6 Å². The molecule has 154 valence electrons. The van der Waals surface area contributed by atoms with Crippen molar-refractivity contribution in [2.24, 2.45) is 0 Å². The number of aromatic carboxylic acids is 1. The number of hydrogen-bond acceptors (Lipinski definition) is 4. The van der Waals surface area contributed by atoms with Gasteiger partial charge in [0.05, 0.1) is 5.69 Å². The van der Waals surface area contributed by atoms with Gasteiger partial charge < -0.3 is 5.11 Å². The quantitative estimate of drug-likeness (QED) is 0.371. The topological polar surface area (TPSA) is 76.0 Å². The maximum atomic E-state index is 14.1. The summed E-state index contributed by atoms with van der Waals surface area (Å²) in [6.45, 7) is 7.44. The van der Waals surface area contributed by atoms with Crippen LogP contribution in [0.1, 0.15) is 46.9 Å². The standard InChI is InChI=1S/C21H18F2N3O2.Pt/c1-11-5-8-14(13-7-10-16(22)26-19(13)23)24-17(11)21(3,4)18-12(2)6-9-15(25-18)20(27)28;/h5-6,8-10H,1-4H3,(H,27,28);/q-1;. The molecule has 0 aliphatic rings. The average molecular weight is 577 g/mol. The first-order valence-electron chi connectivity index (χ1n) is 8.55. The fourth-order valence-corrected chi connectivity index (χ4v) is 3.25. The minimum atomic E-state index is -1.12. The zero-order chi connectivity index (χ0) is 20.6. The minimum absolute atomic E-state index is 0. The molecule has 8 heteroatoms. The second-order valence-electron chi connectivity index (χ2n) is 7.04. The number of halogens is 2. The fraction of sp³-hybridized carbons (Fsp3) is 0.238. The molecular weight excluding hydrogens is 559 g/mol. The third-order valence-corrected chi connectivity index (χ3v) is 4.60. The van der Waals surface area contributed by atoms with Crippen molar-refractivity contribution >= 4 is 5.97 Å². The molecule has 0 bridgehead atoms. The molecule has 0 atom stereocenters. The van der Waals surface area contributed by atoms with E-state index in [1.165, 1.54) is 6.07 Å². The van der Waals surface area contributed by atoms with E-state index >= 15 is 0 Å². The molecule has 0 aromatic carbocycles. The third kappa shape index (κ3) is 4.40. The van der Waals surface area contributed by atoms with E-state index in [0.717, 1.165) is 17.2 Å². The van der Waals surface area contributed by atoms with Crippen LogP contribution in [0.3, 0.4) is 0 Å². The second-order valence-corrected chi connectivity index (χ2v) is 7.04. The van der Waals surface area contributed by atoms with Gasteiger partial charge in [-0.2, -0.15) is 0 Å². The molecular formula is C21H18F2N3O2Pt-. The second kappa shape index (κ2) is 8.45. The van der Waals surface area contributed by atoms with Gasteiger partial charge in [-0.05, 0) is 50.6 Å². The van der Waals surface area contributed by atoms with Gasteiger partial charge in [-0.15, -0.1) is 6.07 Å². The Bertz CT molecular complexity index is 1090. The summed E-state index contributed by atoms with van der Waals surface area (Å²) in [5, 5.41) is 9.28. The van der Waals surface area contributed by atoms with Crippen molar-refractivity contribution < 1.29 is 39.7 Å². The Morgan fingerprint density at radius 3 is 2.17 bits per heavy atom. The van der Waals surface area contributed by atoms with E-state index in [1.807, 2.05) is 27.7 Å². The summed E-state index contributed by atoms with van der Waals surface area (Å²) in [4.78, 5) is 23.4. The molecule has 3 rings (SSSR count). The van der Waals surface area contributed by atoms with Crippen LogP contribution in [0.2, 0.25) is 0 Å². The van der Waals surface area contributed by atoms with Crippen LogP contribution in [-0.2, 0) is 26.5 Å². The monoisotopic (exact) mass is 577 g/mol. The van der Waals surface area contributed by atoms with Gasteiger partial charge in [0.2, 0.25) is 0 Å². The van der Waals surface area contributed by atoms with E-state index in [0.29, 0.717) is 11.4 Å². The first-order chi connectivity index (χ1) is 13.1. The number of rotatable bonds is 4. The molecule has 5 nitrogen and oxygen atoms in total. The van der Waals surface area contributed by atoms with E-state index in [2.05, 4.69) is 21.0 Å². The Morgan fingerprint density at radius 1 is 1.00 bits per heavy atom. The van der Waals surface area contributed by atoms with E-state index in [-0.39, 0.29) is 38.0 Å². The maximum Gasteiger partial charge on any atom is 0.354 e. The largest absolute Gasteiger partial charge is 0.477 e. The summed E-state index contributed by atoms with van der Waals surface area (Å²) in [7, 11) is 0. The van der Waals surface area contributed by atoms with Crippen LogP contribution in [0.4, 0.5) is 8.78 Å². The van der Waals surface area contributed by atoms with Gasteiger partial charge in [0.15, 0.2) is 0 Å². The summed E-state index contributed by atoms with van der Waals surface area (Å²) in [6, 6.07) is 10.0. The van der Waals surface area contributed by atoms with Crippen LogP contribution in [0.25, 0.3) is 11.3 Å². The van der Waals surface area contributed by atoms with E-state index in [9.17, 15) is 18.7 Å². The third-order valence-electron chi connectivity index (χ3n) is 4.60. The zero-order valence-corrected chi connectivity index (χ0v) is 18.4. The van der Waals surface area contributed by atoms with Gasteiger partial charge >= 0.3 is 5.97 Å². The molecule has 3 aromatic heterocycles. The molecule has 0 radical (unpaired) electrons. The summed E-state index contributed by atoms with van der Waals surface area (Å²) in [6.07, 6.45) is 0. The smallest absolute Gasteiger partial charge is 0.354 e. The van der Waals surface area contributed by atoms with Crippen LogP contribution >= 0.6 is 0 Å². The Labute approximate surface area is 181 Å². The summed E-state index contributed by atoms with van der Waals surface area (Å²) in [5.74, 6) is -3.08. The number of nitrogens with zero attached hydrogens (tertiary/aromatic N) is 3. The minimum Gasteiger partial charge on any atom is -0.477 e. The first-order valence-corrected chi connectivity index (χ1v) is 8.55. The molecule has 1 N–H and O–H groups in total. The molecule has 0 saturated carbocycles. The Morgan fingerprint density at radius 2 is 1.59 bits per heavy atom. The van der Waals surface area contributed by atoms with Gasteiger partial charge in [-0.3, -0.25) is 9.97 Å². The predicted molar refractivity (Wildman–Crippen MR) is 99.0 cm³/mol. The molecule has 0 unspecified atom stereocenters. The van der Waals surface area contributed by atoms with Crippen molar-refractivity contribution in [1.82, 2.24) is 15.0 Å². The Hall–Kier alpha value is -2.53. The molecule has 29 heavy (non-hydrogen) atoms. The van der Waals surface area contributed by atoms with Crippen molar-refractivity contribution in [3.8, 4) is 11.3 Å². The van der Waals surface area contributed by atoms with Gasteiger partial charge in [-0.1, -0.05) is 29.8 Å². The van der Waals surface area contributed by atoms with Crippen LogP contribution in [0.5, 0.6) is 0 Å². The SMILES string of the molecule is Cc1ccc(C(=O)O)nc1C(C)(C)c1nc(-c2[c-]cc(F)nc2F)ccc1C.[Pt]. The van der Waals surface area contributed by atoms with Crippen LogP contribution in [0.15, 0.2) is 30.3 Å². The molecule has 0 fully saturated rings. The van der Waals surface area contributed by atoms with Crippen LogP contribution in [-0.4, -0.2) is 26.0 Å². The van der Waals surface area contributed by atoms with Crippen molar-refractivity contribution in [3.63, 3.8) is 0 Å². The average Bonchev–Trinajstić information content (AvgIpc) is 2.62. The zero-order valence-electron chi connectivity index (χ0n) is 16.2. The normalized spacial score (nSPS) is 11.1. The molecule has 0 aliphatic carbocycles. The summed E-state index contributed by atoms with van der Waals surface area (Å²) in [5.41, 5.74) is 2.17. The number of pyridine rings is 3. The number of carbonyl (C=O) groups is 1. The van der Waals surface area contributed by atoms with Crippen LogP contribution in [0, 0.1) is 31.8 Å². The Kier molecular flexibility index (Phi) is 6.63. The van der Waals surface area contributed by atoms with Gasteiger partial charge in [0, 0.05) is 32.2 Å². The van der Waals surface area contributed by atoms with E-state index in [1.54, 1.807) is 18.2 Å². The van der Waals surface area contributed by atoms with Crippen molar-refractivity contribution in [2.75, 3.05) is 0 Å². The first kappa shape index (κ1) is 22.8. The fourth-order valence-electron chi connectivity index (χ4n) is 3.25. The predicted octanol–water partition coefficient (Wildman–Crippen LogP) is 4.26. The molecule has 3 aromatic rings. The van der Waals surface area contributed by atoms with Gasteiger partial charge in [-0.25, -0.2) is 18.6 Å². The van der Waals surface area contributed by atoms with E-state index < -0.39 is 23.3 Å². The molecule has 0 saturated heterocycles. The molecule has 3 heterocycles. The van der Waals surface area contributed by atoms with Crippen molar-refractivity contribution in [2.45, 2.75) is 33.1 Å². The molecule has 0 spiro atoms. The number of aromatic nitrogens is 3.